The number of hydrogen-bond donors (Lipinski definition) is 1. The third kappa shape index (κ3) is 1.82. The first-order valence-corrected chi connectivity index (χ1v) is 4.86. The monoisotopic (exact) mass is 199 g/mol. The highest BCUT2D eigenvalue weighted by Gasteiger charge is 2.33. The molecule has 0 bridgehead atoms. The lowest BCUT2D eigenvalue weighted by molar-refractivity contribution is -0.140. The van der Waals surface area contributed by atoms with E-state index in [1.54, 1.807) is 0 Å². The smallest absolute Gasteiger partial charge is 0.319 e. The van der Waals surface area contributed by atoms with Crippen molar-refractivity contribution in [3.63, 3.8) is 0 Å². The largest absolute Gasteiger partial charge is 0.462 e. The van der Waals surface area contributed by atoms with Crippen LogP contribution < -0.4 is 0 Å². The number of H-pyrrole nitrogens is 1. The van der Waals surface area contributed by atoms with Crippen molar-refractivity contribution in [2.24, 2.45) is 0 Å². The van der Waals surface area contributed by atoms with Crippen LogP contribution in [0.2, 0.25) is 0 Å². The van der Waals surface area contributed by atoms with E-state index in [0.717, 1.165) is 6.42 Å². The summed E-state index contributed by atoms with van der Waals surface area (Å²) in [6.45, 7) is 1.89. The van der Waals surface area contributed by atoms with Crippen molar-refractivity contribution in [2.45, 2.75) is 29.9 Å². The molecule has 2 atom stereocenters. The molecule has 1 aliphatic rings. The number of esters is 1. The maximum Gasteiger partial charge on any atom is 0.319 e. The Morgan fingerprint density at radius 3 is 3.15 bits per heavy atom. The van der Waals surface area contributed by atoms with Crippen molar-refractivity contribution in [2.75, 3.05) is 0 Å². The topological polar surface area (TPSA) is 67.9 Å². The van der Waals surface area contributed by atoms with Crippen molar-refractivity contribution >= 4 is 17.7 Å². The van der Waals surface area contributed by atoms with Gasteiger partial charge in [-0.2, -0.15) is 5.10 Å². The predicted molar refractivity (Wildman–Crippen MR) is 46.2 cm³/mol. The average molecular weight is 199 g/mol. The number of carbonyl (C=O) groups is 1. The highest BCUT2D eigenvalue weighted by Crippen LogP contribution is 2.29. The van der Waals surface area contributed by atoms with Crippen LogP contribution in [0.15, 0.2) is 11.5 Å². The van der Waals surface area contributed by atoms with Crippen molar-refractivity contribution in [3.05, 3.63) is 6.33 Å². The predicted octanol–water partition coefficient (Wildman–Crippen LogP) is 0.601. The van der Waals surface area contributed by atoms with E-state index in [2.05, 4.69) is 15.2 Å². The summed E-state index contributed by atoms with van der Waals surface area (Å²) < 4.78 is 5.00. The zero-order valence-electron chi connectivity index (χ0n) is 7.06. The van der Waals surface area contributed by atoms with E-state index in [9.17, 15) is 4.79 Å². The van der Waals surface area contributed by atoms with Gasteiger partial charge in [0.1, 0.15) is 17.7 Å². The number of aromatic nitrogens is 3. The Morgan fingerprint density at radius 2 is 2.62 bits per heavy atom. The van der Waals surface area contributed by atoms with Crippen molar-refractivity contribution in [1.82, 2.24) is 15.2 Å². The molecule has 6 heteroatoms. The van der Waals surface area contributed by atoms with Gasteiger partial charge in [0.2, 0.25) is 0 Å². The summed E-state index contributed by atoms with van der Waals surface area (Å²) in [5.41, 5.74) is 0. The van der Waals surface area contributed by atoms with Gasteiger partial charge in [-0.15, -0.1) is 0 Å². The molecule has 0 amide bonds. The van der Waals surface area contributed by atoms with E-state index in [4.69, 9.17) is 4.74 Å². The first-order chi connectivity index (χ1) is 6.25. The molecule has 2 unspecified atom stereocenters. The van der Waals surface area contributed by atoms with Gasteiger partial charge in [0.25, 0.3) is 0 Å². The second-order valence-corrected chi connectivity index (χ2v) is 4.07. The molecule has 0 saturated carbocycles. The number of thioether (sulfide) groups is 1. The first-order valence-electron chi connectivity index (χ1n) is 3.98. The summed E-state index contributed by atoms with van der Waals surface area (Å²) in [4.78, 5) is 15.1. The summed E-state index contributed by atoms with van der Waals surface area (Å²) in [7, 11) is 0. The molecule has 1 saturated heterocycles. The van der Waals surface area contributed by atoms with E-state index in [-0.39, 0.29) is 17.3 Å². The minimum absolute atomic E-state index is 0.0212. The molecule has 70 valence electrons. The Bertz CT molecular complexity index is 301. The third-order valence-electron chi connectivity index (χ3n) is 1.77. The fourth-order valence-corrected chi connectivity index (χ4v) is 2.20. The number of carbonyl (C=O) groups excluding carboxylic acids is 1. The second-order valence-electron chi connectivity index (χ2n) is 2.88. The molecule has 1 aromatic rings. The normalized spacial score (nSPS) is 27.6. The van der Waals surface area contributed by atoms with Gasteiger partial charge in [-0.05, 0) is 6.92 Å². The molecule has 0 radical (unpaired) electrons. The molecule has 2 heterocycles. The van der Waals surface area contributed by atoms with Crippen LogP contribution in [0.1, 0.15) is 13.3 Å². The molecular weight excluding hydrogens is 190 g/mol. The summed E-state index contributed by atoms with van der Waals surface area (Å²) in [5.74, 6) is -0.158. The summed E-state index contributed by atoms with van der Waals surface area (Å²) in [6.07, 6.45) is 2.18. The zero-order valence-corrected chi connectivity index (χ0v) is 7.87. The lowest BCUT2D eigenvalue weighted by atomic mass is 10.3. The van der Waals surface area contributed by atoms with Crippen LogP contribution in [0.5, 0.6) is 0 Å². The lowest BCUT2D eigenvalue weighted by Gasteiger charge is -1.99. The van der Waals surface area contributed by atoms with E-state index in [1.165, 1.54) is 18.1 Å². The average Bonchev–Trinajstić information content (AvgIpc) is 2.63. The molecule has 0 aromatic carbocycles. The Labute approximate surface area is 79.3 Å². The molecule has 1 fully saturated rings. The molecule has 1 aromatic heterocycles. The van der Waals surface area contributed by atoms with Crippen molar-refractivity contribution < 1.29 is 9.53 Å². The number of rotatable bonds is 2. The maximum atomic E-state index is 11.2. The van der Waals surface area contributed by atoms with Crippen LogP contribution in [0.3, 0.4) is 0 Å². The zero-order chi connectivity index (χ0) is 9.26. The number of nitrogens with zero attached hydrogens (tertiary/aromatic N) is 2. The quantitative estimate of drug-likeness (QED) is 0.706. The number of ether oxygens (including phenoxy) is 1. The molecule has 13 heavy (non-hydrogen) atoms. The highest BCUT2D eigenvalue weighted by atomic mass is 32.2. The number of aromatic amines is 1. The molecule has 0 aliphatic carbocycles. The van der Waals surface area contributed by atoms with Crippen LogP contribution in [0, 0.1) is 0 Å². The van der Waals surface area contributed by atoms with Crippen LogP contribution in [-0.2, 0) is 9.53 Å². The van der Waals surface area contributed by atoms with Gasteiger partial charge in [0, 0.05) is 6.42 Å². The van der Waals surface area contributed by atoms with Gasteiger partial charge in [-0.25, -0.2) is 4.98 Å². The van der Waals surface area contributed by atoms with Gasteiger partial charge in [0.05, 0.1) is 0 Å². The number of hydrogen-bond acceptors (Lipinski definition) is 5. The van der Waals surface area contributed by atoms with E-state index < -0.39 is 0 Å². The van der Waals surface area contributed by atoms with E-state index in [1.807, 2.05) is 6.92 Å². The molecule has 1 N–H and O–H groups in total. The Balaban J connectivity index is 1.99. The van der Waals surface area contributed by atoms with Gasteiger partial charge >= 0.3 is 5.97 Å². The number of nitrogens with one attached hydrogen (secondary N) is 1. The number of cyclic esters (lactones) is 1. The summed E-state index contributed by atoms with van der Waals surface area (Å²) in [5, 5.41) is 6.92. The standard InChI is InChI=1S/C7H9N3O2S/c1-4-2-5(6(11)12-4)13-7-8-3-9-10-7/h3-5H,2H2,1H3,(H,8,9,10). The first kappa shape index (κ1) is 8.55. The fraction of sp³-hybridized carbons (Fsp3) is 0.571. The lowest BCUT2D eigenvalue weighted by Crippen LogP contribution is -2.09. The Kier molecular flexibility index (Phi) is 2.22. The van der Waals surface area contributed by atoms with Crippen molar-refractivity contribution in [1.29, 1.82) is 0 Å². The molecule has 0 spiro atoms. The van der Waals surface area contributed by atoms with Gasteiger partial charge in [-0.1, -0.05) is 11.8 Å². The molecule has 1 aliphatic heterocycles. The van der Waals surface area contributed by atoms with Crippen molar-refractivity contribution in [3.8, 4) is 0 Å². The minimum atomic E-state index is -0.158. The summed E-state index contributed by atoms with van der Waals surface area (Å²) in [6, 6.07) is 0. The highest BCUT2D eigenvalue weighted by molar-refractivity contribution is 8.00. The minimum Gasteiger partial charge on any atom is -0.462 e. The molecule has 2 rings (SSSR count). The van der Waals surface area contributed by atoms with Crippen LogP contribution in [-0.4, -0.2) is 32.5 Å². The SMILES string of the molecule is CC1CC(Sc2ncn[nH]2)C(=O)O1. The molecular formula is C7H9N3O2S. The Morgan fingerprint density at radius 1 is 1.77 bits per heavy atom. The molecule has 5 nitrogen and oxygen atoms in total. The van der Waals surface area contributed by atoms with E-state index in [0.29, 0.717) is 5.16 Å². The fourth-order valence-electron chi connectivity index (χ4n) is 1.20. The van der Waals surface area contributed by atoms with E-state index >= 15 is 0 Å². The van der Waals surface area contributed by atoms with Gasteiger partial charge in [-0.3, -0.25) is 9.89 Å². The van der Waals surface area contributed by atoms with Crippen LogP contribution in [0.4, 0.5) is 0 Å². The van der Waals surface area contributed by atoms with Crippen LogP contribution >= 0.6 is 11.8 Å². The third-order valence-corrected chi connectivity index (χ3v) is 2.86. The Hall–Kier alpha value is -1.04. The second kappa shape index (κ2) is 3.37. The summed E-state index contributed by atoms with van der Waals surface area (Å²) >= 11 is 1.37. The maximum absolute atomic E-state index is 11.2. The van der Waals surface area contributed by atoms with Crippen LogP contribution in [0.25, 0.3) is 0 Å². The van der Waals surface area contributed by atoms with Gasteiger partial charge in [0.15, 0.2) is 5.16 Å². The van der Waals surface area contributed by atoms with Gasteiger partial charge < -0.3 is 4.74 Å².